The van der Waals surface area contributed by atoms with Crippen LogP contribution >= 0.6 is 11.3 Å². The zero-order chi connectivity index (χ0) is 28.1. The van der Waals surface area contributed by atoms with Gasteiger partial charge in [0, 0.05) is 64.7 Å². The second-order valence-corrected chi connectivity index (χ2v) is 12.3. The van der Waals surface area contributed by atoms with E-state index in [0.717, 1.165) is 11.2 Å². The van der Waals surface area contributed by atoms with Crippen molar-refractivity contribution in [2.24, 2.45) is 0 Å². The van der Waals surface area contributed by atoms with Crippen LogP contribution in [0.4, 0.5) is 0 Å². The minimum absolute atomic E-state index is 1.02. The van der Waals surface area contributed by atoms with Crippen molar-refractivity contribution in [1.29, 1.82) is 0 Å². The van der Waals surface area contributed by atoms with Crippen molar-refractivity contribution in [3.8, 4) is 11.4 Å². The van der Waals surface area contributed by atoms with Gasteiger partial charge in [-0.2, -0.15) is 0 Å². The number of pyridine rings is 1. The summed E-state index contributed by atoms with van der Waals surface area (Å²) in [6, 6.07) is 48.4. The predicted molar refractivity (Wildman–Crippen MR) is 183 cm³/mol. The van der Waals surface area contributed by atoms with Crippen LogP contribution < -0.4 is 0 Å². The number of fused-ring (bicyclic) bond motifs is 11. The van der Waals surface area contributed by atoms with Crippen molar-refractivity contribution >= 4 is 86.0 Å². The lowest BCUT2D eigenvalue weighted by atomic mass is 10.1. The summed E-state index contributed by atoms with van der Waals surface area (Å²) in [5.74, 6) is 0. The van der Waals surface area contributed by atoms with Gasteiger partial charge >= 0.3 is 0 Å². The van der Waals surface area contributed by atoms with Crippen LogP contribution in [0.1, 0.15) is 0 Å². The van der Waals surface area contributed by atoms with Crippen LogP contribution in [0.5, 0.6) is 0 Å². The highest BCUT2D eigenvalue weighted by atomic mass is 32.1. The van der Waals surface area contributed by atoms with Gasteiger partial charge in [0.1, 0.15) is 0 Å². The maximum Gasteiger partial charge on any atom is 0.0737 e. The van der Waals surface area contributed by atoms with Gasteiger partial charge in [0.25, 0.3) is 0 Å². The van der Waals surface area contributed by atoms with Crippen molar-refractivity contribution in [1.82, 2.24) is 14.1 Å². The van der Waals surface area contributed by atoms with Crippen LogP contribution in [0.2, 0.25) is 0 Å². The monoisotopic (exact) mass is 565 g/mol. The largest absolute Gasteiger partial charge is 0.309 e. The van der Waals surface area contributed by atoms with E-state index in [2.05, 4.69) is 143 Å². The van der Waals surface area contributed by atoms with Crippen LogP contribution in [-0.4, -0.2) is 14.1 Å². The Kier molecular flexibility index (Phi) is 4.60. The van der Waals surface area contributed by atoms with Gasteiger partial charge in [0.15, 0.2) is 0 Å². The Balaban J connectivity index is 1.22. The molecule has 0 unspecified atom stereocenters. The molecule has 6 aromatic carbocycles. The van der Waals surface area contributed by atoms with Crippen molar-refractivity contribution in [2.45, 2.75) is 0 Å². The van der Waals surface area contributed by atoms with E-state index in [0.29, 0.717) is 0 Å². The van der Waals surface area contributed by atoms with Gasteiger partial charge in [-0.05, 0) is 60.7 Å². The van der Waals surface area contributed by atoms with Crippen LogP contribution in [0.15, 0.2) is 140 Å². The first-order chi connectivity index (χ1) is 21.3. The molecule has 4 heteroatoms. The van der Waals surface area contributed by atoms with E-state index >= 15 is 0 Å². The third-order valence-electron chi connectivity index (χ3n) is 8.95. The van der Waals surface area contributed by atoms with Crippen LogP contribution in [0.25, 0.3) is 86.1 Å². The zero-order valence-corrected chi connectivity index (χ0v) is 23.8. The third kappa shape index (κ3) is 3.16. The number of thiophene rings is 1. The van der Waals surface area contributed by atoms with Gasteiger partial charge in [-0.25, -0.2) is 0 Å². The molecule has 200 valence electrons. The Bertz CT molecular complexity index is 2690. The Morgan fingerprint density at radius 3 is 1.65 bits per heavy atom. The normalized spacial score (nSPS) is 12.2. The van der Waals surface area contributed by atoms with Crippen LogP contribution in [0, 0.1) is 0 Å². The summed E-state index contributed by atoms with van der Waals surface area (Å²) in [4.78, 5) is 4.96. The molecule has 0 aliphatic rings. The van der Waals surface area contributed by atoms with Gasteiger partial charge in [-0.1, -0.05) is 72.8 Å². The lowest BCUT2D eigenvalue weighted by molar-refractivity contribution is 1.17. The average molecular weight is 566 g/mol. The van der Waals surface area contributed by atoms with Gasteiger partial charge in [0.05, 0.1) is 27.6 Å². The maximum atomic E-state index is 4.96. The minimum Gasteiger partial charge on any atom is -0.309 e. The van der Waals surface area contributed by atoms with Crippen molar-refractivity contribution in [2.75, 3.05) is 0 Å². The summed E-state index contributed by atoms with van der Waals surface area (Å²) in [5.41, 5.74) is 8.13. The maximum absolute atomic E-state index is 4.96. The molecule has 0 saturated carbocycles. The van der Waals surface area contributed by atoms with Gasteiger partial charge in [-0.15, -0.1) is 11.3 Å². The first-order valence-corrected chi connectivity index (χ1v) is 15.4. The lowest BCUT2D eigenvalue weighted by Crippen LogP contribution is -1.96. The molecule has 4 heterocycles. The van der Waals surface area contributed by atoms with Crippen LogP contribution in [-0.2, 0) is 0 Å². The quantitative estimate of drug-likeness (QED) is 0.204. The molecule has 0 radical (unpaired) electrons. The second kappa shape index (κ2) is 8.54. The highest BCUT2D eigenvalue weighted by molar-refractivity contribution is 7.26. The summed E-state index contributed by atoms with van der Waals surface area (Å²) in [7, 11) is 0. The van der Waals surface area contributed by atoms with Gasteiger partial charge < -0.3 is 9.13 Å². The zero-order valence-electron chi connectivity index (χ0n) is 23.0. The Labute approximate surface area is 250 Å². The van der Waals surface area contributed by atoms with E-state index in [1.165, 1.54) is 74.9 Å². The summed E-state index contributed by atoms with van der Waals surface area (Å²) < 4.78 is 7.39. The molecule has 0 bridgehead atoms. The standard InChI is InChI=1S/C39H23N3S/c1-5-13-34-26(9-1)27-10-2-6-14-35(27)41(34)24-18-20-37-31(21-24)28-11-3-7-15-36(28)42(37)25-17-19-30-33(22-25)40-23-32-29-12-4-8-16-38(29)43-39(30)32/h1-23H. The summed E-state index contributed by atoms with van der Waals surface area (Å²) >= 11 is 1.85. The fourth-order valence-electron chi connectivity index (χ4n) is 7.06. The van der Waals surface area contributed by atoms with Crippen molar-refractivity contribution in [3.63, 3.8) is 0 Å². The van der Waals surface area contributed by atoms with Crippen LogP contribution in [0.3, 0.4) is 0 Å². The van der Waals surface area contributed by atoms with E-state index in [1.807, 2.05) is 17.5 Å². The molecule has 10 aromatic rings. The molecule has 0 saturated heterocycles. The highest BCUT2D eigenvalue weighted by Crippen LogP contribution is 2.40. The fourth-order valence-corrected chi connectivity index (χ4v) is 8.27. The summed E-state index contributed by atoms with van der Waals surface area (Å²) in [5, 5.41) is 8.75. The molecule has 0 aliphatic heterocycles. The van der Waals surface area contributed by atoms with Crippen molar-refractivity contribution in [3.05, 3.63) is 140 Å². The summed E-state index contributed by atoms with van der Waals surface area (Å²) in [6.07, 6.45) is 2.05. The first kappa shape index (κ1) is 23.1. The SMILES string of the molecule is c1ccc2c(c1)sc1c3ccc(-n4c5ccccc5c5cc(-n6c7ccccc7c7ccccc76)ccc54)cc3ncc21. The molecule has 10 rings (SSSR count). The molecule has 0 fully saturated rings. The second-order valence-electron chi connectivity index (χ2n) is 11.2. The number of aromatic nitrogens is 3. The number of hydrogen-bond donors (Lipinski definition) is 0. The minimum atomic E-state index is 1.02. The number of para-hydroxylation sites is 3. The van der Waals surface area contributed by atoms with Crippen molar-refractivity contribution < 1.29 is 0 Å². The molecule has 0 aliphatic carbocycles. The van der Waals surface area contributed by atoms with E-state index in [9.17, 15) is 0 Å². The van der Waals surface area contributed by atoms with E-state index in [1.54, 1.807) is 0 Å². The smallest absolute Gasteiger partial charge is 0.0737 e. The van der Waals surface area contributed by atoms with E-state index in [-0.39, 0.29) is 0 Å². The first-order valence-electron chi connectivity index (χ1n) is 14.6. The Hall–Kier alpha value is -5.45. The molecule has 0 N–H and O–H groups in total. The molecule has 43 heavy (non-hydrogen) atoms. The summed E-state index contributed by atoms with van der Waals surface area (Å²) in [6.45, 7) is 0. The van der Waals surface area contributed by atoms with Gasteiger partial charge in [0.2, 0.25) is 0 Å². The molecule has 3 nitrogen and oxygen atoms in total. The molecular weight excluding hydrogens is 543 g/mol. The lowest BCUT2D eigenvalue weighted by Gasteiger charge is -2.11. The predicted octanol–water partition coefficient (Wildman–Crippen LogP) is 10.8. The highest BCUT2D eigenvalue weighted by Gasteiger charge is 2.17. The fraction of sp³-hybridized carbons (Fsp3) is 0. The molecule has 0 atom stereocenters. The topological polar surface area (TPSA) is 22.8 Å². The number of hydrogen-bond acceptors (Lipinski definition) is 2. The van der Waals surface area contributed by atoms with E-state index in [4.69, 9.17) is 4.98 Å². The van der Waals surface area contributed by atoms with E-state index < -0.39 is 0 Å². The van der Waals surface area contributed by atoms with Gasteiger partial charge in [-0.3, -0.25) is 4.98 Å². The molecular formula is C39H23N3S. The average Bonchev–Trinajstić information content (AvgIpc) is 3.72. The number of rotatable bonds is 2. The molecule has 0 spiro atoms. The third-order valence-corrected chi connectivity index (χ3v) is 10.2. The number of benzene rings is 6. The Morgan fingerprint density at radius 2 is 0.953 bits per heavy atom. The number of nitrogens with zero attached hydrogens (tertiary/aromatic N) is 3. The Morgan fingerprint density at radius 1 is 0.419 bits per heavy atom. The molecule has 0 amide bonds. The molecule has 4 aromatic heterocycles.